The third-order valence-electron chi connectivity index (χ3n) is 16.6. The van der Waals surface area contributed by atoms with E-state index in [4.69, 9.17) is 4.74 Å². The molecule has 3 N–H and O–H groups in total. The lowest BCUT2D eigenvalue weighted by Crippen LogP contribution is -2.45. The molecule has 0 rings (SSSR count). The molecule has 2 atom stereocenters. The van der Waals surface area contributed by atoms with E-state index < -0.39 is 12.1 Å². The first-order chi connectivity index (χ1) is 37.5. The topological polar surface area (TPSA) is 95.9 Å². The lowest BCUT2D eigenvalue weighted by Gasteiger charge is -2.20. The van der Waals surface area contributed by atoms with Crippen LogP contribution in [0, 0.1) is 0 Å². The molecular weight excluding hydrogens is 935 g/mol. The van der Waals surface area contributed by atoms with Crippen LogP contribution in [0.2, 0.25) is 0 Å². The predicted octanol–water partition coefficient (Wildman–Crippen LogP) is 22.4. The van der Waals surface area contributed by atoms with Gasteiger partial charge in [0.25, 0.3) is 0 Å². The van der Waals surface area contributed by atoms with Crippen LogP contribution < -0.4 is 5.32 Å². The van der Waals surface area contributed by atoms with Gasteiger partial charge in [-0.25, -0.2) is 0 Å². The zero-order chi connectivity index (χ0) is 55.0. The van der Waals surface area contributed by atoms with E-state index in [1.54, 1.807) is 6.08 Å². The van der Waals surface area contributed by atoms with E-state index in [0.29, 0.717) is 19.4 Å². The van der Waals surface area contributed by atoms with Gasteiger partial charge in [0, 0.05) is 12.8 Å². The molecular formula is C70H137NO5. The van der Waals surface area contributed by atoms with Gasteiger partial charge in [-0.3, -0.25) is 9.59 Å². The lowest BCUT2D eigenvalue weighted by atomic mass is 10.0. The second-order valence-corrected chi connectivity index (χ2v) is 24.2. The first kappa shape index (κ1) is 74.6. The Balaban J connectivity index is 3.30. The van der Waals surface area contributed by atoms with Gasteiger partial charge in [-0.1, -0.05) is 366 Å². The molecule has 0 saturated heterocycles. The number of carbonyl (C=O) groups is 2. The minimum atomic E-state index is -0.839. The zero-order valence-electron chi connectivity index (χ0n) is 51.8. The number of allylic oxidation sites excluding steroid dienone is 1. The molecule has 0 aromatic heterocycles. The molecule has 0 aromatic carbocycles. The maximum absolute atomic E-state index is 12.5. The van der Waals surface area contributed by atoms with Gasteiger partial charge in [-0.15, -0.1) is 0 Å². The monoisotopic (exact) mass is 1070 g/mol. The number of aliphatic hydroxyl groups is 2. The quantitative estimate of drug-likeness (QED) is 0.0320. The number of aliphatic hydroxyl groups excluding tert-OH is 2. The average Bonchev–Trinajstić information content (AvgIpc) is 3.42. The molecule has 452 valence electrons. The number of nitrogens with one attached hydrogen (secondary N) is 1. The maximum Gasteiger partial charge on any atom is 0.305 e. The Bertz CT molecular complexity index is 1140. The number of hydrogen-bond acceptors (Lipinski definition) is 5. The van der Waals surface area contributed by atoms with Crippen molar-refractivity contribution in [3.8, 4) is 0 Å². The Labute approximate surface area is 476 Å². The van der Waals surface area contributed by atoms with E-state index >= 15 is 0 Å². The summed E-state index contributed by atoms with van der Waals surface area (Å²) in [4.78, 5) is 24.5. The summed E-state index contributed by atoms with van der Waals surface area (Å²) in [5.41, 5.74) is 0. The molecule has 2 unspecified atom stereocenters. The maximum atomic E-state index is 12.5. The van der Waals surface area contributed by atoms with Gasteiger partial charge in [0.2, 0.25) is 5.91 Å². The van der Waals surface area contributed by atoms with E-state index in [1.807, 2.05) is 6.08 Å². The Hall–Kier alpha value is -1.40. The van der Waals surface area contributed by atoms with Crippen LogP contribution in [0.25, 0.3) is 0 Å². The summed E-state index contributed by atoms with van der Waals surface area (Å²) >= 11 is 0. The van der Waals surface area contributed by atoms with Gasteiger partial charge in [-0.05, 0) is 32.1 Å². The summed E-state index contributed by atoms with van der Waals surface area (Å²) in [7, 11) is 0. The fourth-order valence-electron chi connectivity index (χ4n) is 11.2. The lowest BCUT2D eigenvalue weighted by molar-refractivity contribution is -0.143. The van der Waals surface area contributed by atoms with Gasteiger partial charge in [0.1, 0.15) is 0 Å². The second-order valence-electron chi connectivity index (χ2n) is 24.2. The van der Waals surface area contributed by atoms with Gasteiger partial charge >= 0.3 is 5.97 Å². The van der Waals surface area contributed by atoms with Crippen LogP contribution in [0.1, 0.15) is 399 Å². The summed E-state index contributed by atoms with van der Waals surface area (Å²) < 4.78 is 5.50. The van der Waals surface area contributed by atoms with E-state index in [-0.39, 0.29) is 18.5 Å². The highest BCUT2D eigenvalue weighted by Crippen LogP contribution is 2.19. The minimum Gasteiger partial charge on any atom is -0.466 e. The number of ether oxygens (including phenoxy) is 1. The molecule has 0 spiro atoms. The summed E-state index contributed by atoms with van der Waals surface area (Å²) in [5, 5.41) is 23.1. The van der Waals surface area contributed by atoms with Gasteiger partial charge in [0.05, 0.1) is 25.4 Å². The summed E-state index contributed by atoms with van der Waals surface area (Å²) in [6.45, 7) is 4.94. The highest BCUT2D eigenvalue weighted by atomic mass is 16.5. The minimum absolute atomic E-state index is 0.0246. The van der Waals surface area contributed by atoms with Crippen LogP contribution in [0.15, 0.2) is 12.2 Å². The molecule has 0 aliphatic carbocycles. The summed E-state index contributed by atoms with van der Waals surface area (Å²) in [5.74, 6) is -0.0374. The Morgan fingerprint density at radius 2 is 0.605 bits per heavy atom. The van der Waals surface area contributed by atoms with Crippen molar-refractivity contribution in [3.63, 3.8) is 0 Å². The van der Waals surface area contributed by atoms with Crippen molar-refractivity contribution in [2.45, 2.75) is 411 Å². The van der Waals surface area contributed by atoms with Crippen LogP contribution in [0.4, 0.5) is 0 Å². The predicted molar refractivity (Wildman–Crippen MR) is 333 cm³/mol. The number of amides is 1. The largest absolute Gasteiger partial charge is 0.466 e. The highest BCUT2D eigenvalue weighted by Gasteiger charge is 2.18. The van der Waals surface area contributed by atoms with Crippen LogP contribution in [0.5, 0.6) is 0 Å². The van der Waals surface area contributed by atoms with Crippen LogP contribution in [-0.2, 0) is 14.3 Å². The van der Waals surface area contributed by atoms with Crippen molar-refractivity contribution in [2.75, 3.05) is 13.2 Å². The molecule has 0 aromatic rings. The van der Waals surface area contributed by atoms with Crippen molar-refractivity contribution in [3.05, 3.63) is 12.2 Å². The standard InChI is InChI=1S/C70H137NO5/c1-3-5-7-9-11-13-15-17-36-40-44-48-52-56-60-64-70(75)76-65-61-57-53-49-45-41-38-35-33-31-29-27-25-23-21-19-18-20-22-24-26-28-30-32-34-37-39-43-47-51-55-59-63-69(74)71-67(66-72)68(73)62-58-54-50-46-42-16-14-12-10-8-6-4-2/h58,62,67-68,72-73H,3-57,59-61,63-66H2,1-2H3,(H,71,74)/b62-58+. The summed E-state index contributed by atoms with van der Waals surface area (Å²) in [6, 6.07) is -0.622. The molecule has 76 heavy (non-hydrogen) atoms. The van der Waals surface area contributed by atoms with Crippen molar-refractivity contribution in [2.24, 2.45) is 0 Å². The van der Waals surface area contributed by atoms with E-state index in [2.05, 4.69) is 19.2 Å². The molecule has 0 aliphatic rings. The average molecular weight is 1070 g/mol. The number of unbranched alkanes of at least 4 members (excludes halogenated alkanes) is 55. The van der Waals surface area contributed by atoms with E-state index in [9.17, 15) is 19.8 Å². The first-order valence-corrected chi connectivity index (χ1v) is 35.0. The van der Waals surface area contributed by atoms with Crippen molar-refractivity contribution >= 4 is 11.9 Å². The summed E-state index contributed by atoms with van der Waals surface area (Å²) in [6.07, 6.45) is 81.6. The van der Waals surface area contributed by atoms with Crippen LogP contribution in [-0.4, -0.2) is 47.4 Å². The second kappa shape index (κ2) is 66.1. The number of rotatable bonds is 66. The van der Waals surface area contributed by atoms with E-state index in [1.165, 1.54) is 334 Å². The molecule has 6 nitrogen and oxygen atoms in total. The fourth-order valence-corrected chi connectivity index (χ4v) is 11.2. The third kappa shape index (κ3) is 61.8. The van der Waals surface area contributed by atoms with E-state index in [0.717, 1.165) is 38.5 Å². The van der Waals surface area contributed by atoms with Crippen molar-refractivity contribution in [1.82, 2.24) is 5.32 Å². The van der Waals surface area contributed by atoms with Crippen molar-refractivity contribution in [1.29, 1.82) is 0 Å². The molecule has 0 radical (unpaired) electrons. The fraction of sp³-hybridized carbons (Fsp3) is 0.943. The number of hydrogen-bond donors (Lipinski definition) is 3. The third-order valence-corrected chi connectivity index (χ3v) is 16.6. The Morgan fingerprint density at radius 3 is 0.895 bits per heavy atom. The molecule has 0 bridgehead atoms. The molecule has 1 amide bonds. The normalized spacial score (nSPS) is 12.5. The van der Waals surface area contributed by atoms with Crippen LogP contribution in [0.3, 0.4) is 0 Å². The zero-order valence-corrected chi connectivity index (χ0v) is 51.8. The number of esters is 1. The smallest absolute Gasteiger partial charge is 0.305 e. The highest BCUT2D eigenvalue weighted by molar-refractivity contribution is 5.76. The molecule has 0 fully saturated rings. The SMILES string of the molecule is CCCCCCCCCCCC/C=C/C(O)C(CO)NC(=O)CCCCCCCCCCCCCCCCCCCCCCCCCCCCCCCCCCOC(=O)CCCCCCCCCCCCCCCCC. The molecule has 6 heteroatoms. The Kier molecular flexibility index (Phi) is 64.9. The van der Waals surface area contributed by atoms with Gasteiger partial charge < -0.3 is 20.3 Å². The number of carbonyl (C=O) groups excluding carboxylic acids is 2. The molecule has 0 heterocycles. The van der Waals surface area contributed by atoms with Gasteiger partial charge in [-0.2, -0.15) is 0 Å². The Morgan fingerprint density at radius 1 is 0.355 bits per heavy atom. The van der Waals surface area contributed by atoms with Crippen molar-refractivity contribution < 1.29 is 24.5 Å². The first-order valence-electron chi connectivity index (χ1n) is 35.0. The molecule has 0 aliphatic heterocycles. The molecule has 0 saturated carbocycles. The van der Waals surface area contributed by atoms with Crippen LogP contribution >= 0.6 is 0 Å². The van der Waals surface area contributed by atoms with Gasteiger partial charge in [0.15, 0.2) is 0 Å².